The third kappa shape index (κ3) is 6.90. The molecule has 124 valence electrons. The molecule has 0 bridgehead atoms. The van der Waals surface area contributed by atoms with E-state index in [1.54, 1.807) is 0 Å². The van der Waals surface area contributed by atoms with E-state index in [1.165, 1.54) is 0 Å². The summed E-state index contributed by atoms with van der Waals surface area (Å²) in [5.74, 6) is 0.0416. The zero-order valence-corrected chi connectivity index (χ0v) is 15.5. The fraction of sp³-hybridized carbons (Fsp3) is 0.588. The largest absolute Gasteiger partial charge is 0.324 e. The zero-order chi connectivity index (χ0) is 16.4. The van der Waals surface area contributed by atoms with Gasteiger partial charge in [0, 0.05) is 17.6 Å². The van der Waals surface area contributed by atoms with E-state index >= 15 is 0 Å². The summed E-state index contributed by atoms with van der Waals surface area (Å²) in [6, 6.07) is 7.69. The Kier molecular flexibility index (Phi) is 9.36. The van der Waals surface area contributed by atoms with Crippen LogP contribution in [0.4, 0.5) is 5.69 Å². The van der Waals surface area contributed by atoms with Crippen LogP contribution in [0.1, 0.15) is 27.2 Å². The van der Waals surface area contributed by atoms with E-state index in [2.05, 4.69) is 51.8 Å². The van der Waals surface area contributed by atoms with E-state index < -0.39 is 0 Å². The second-order valence-electron chi connectivity index (χ2n) is 5.33. The van der Waals surface area contributed by atoms with E-state index in [1.807, 2.05) is 24.3 Å². The van der Waals surface area contributed by atoms with E-state index in [9.17, 15) is 4.79 Å². The normalized spacial score (nSPS) is 11.2. The van der Waals surface area contributed by atoms with Crippen LogP contribution in [0.5, 0.6) is 0 Å². The number of nitrogens with zero attached hydrogens (tertiary/aromatic N) is 2. The summed E-state index contributed by atoms with van der Waals surface area (Å²) in [6.07, 6.45) is 1.06. The van der Waals surface area contributed by atoms with Crippen molar-refractivity contribution in [3.63, 3.8) is 0 Å². The topological polar surface area (TPSA) is 35.6 Å². The molecule has 1 amide bonds. The van der Waals surface area contributed by atoms with Crippen molar-refractivity contribution in [2.75, 3.05) is 44.6 Å². The Morgan fingerprint density at radius 1 is 1.05 bits per heavy atom. The van der Waals surface area contributed by atoms with E-state index in [0.29, 0.717) is 6.54 Å². The highest BCUT2D eigenvalue weighted by molar-refractivity contribution is 9.10. The molecule has 1 aromatic rings. The minimum atomic E-state index is 0.0416. The number of hydrogen-bond donors (Lipinski definition) is 1. The van der Waals surface area contributed by atoms with Crippen LogP contribution >= 0.6 is 15.9 Å². The molecule has 0 saturated carbocycles. The molecular formula is C17H28BrN3O. The minimum Gasteiger partial charge on any atom is -0.324 e. The van der Waals surface area contributed by atoms with Gasteiger partial charge in [0.25, 0.3) is 0 Å². The molecule has 1 aromatic carbocycles. The first kappa shape index (κ1) is 19.1. The summed E-state index contributed by atoms with van der Waals surface area (Å²) in [4.78, 5) is 16.9. The molecule has 0 atom stereocenters. The van der Waals surface area contributed by atoms with Crippen molar-refractivity contribution in [3.8, 4) is 0 Å². The molecule has 0 radical (unpaired) electrons. The average molecular weight is 370 g/mol. The van der Waals surface area contributed by atoms with Crippen molar-refractivity contribution < 1.29 is 4.79 Å². The van der Waals surface area contributed by atoms with Crippen LogP contribution in [0.3, 0.4) is 0 Å². The first-order valence-electron chi connectivity index (χ1n) is 8.09. The number of para-hydroxylation sites is 1. The molecule has 0 heterocycles. The number of carbonyl (C=O) groups is 1. The molecular weight excluding hydrogens is 342 g/mol. The number of halogens is 1. The van der Waals surface area contributed by atoms with Crippen LogP contribution in [0.25, 0.3) is 0 Å². The molecule has 4 nitrogen and oxygen atoms in total. The number of rotatable bonds is 10. The Morgan fingerprint density at radius 3 is 2.27 bits per heavy atom. The average Bonchev–Trinajstić information content (AvgIpc) is 2.50. The number of nitrogens with one attached hydrogen (secondary N) is 1. The summed E-state index contributed by atoms with van der Waals surface area (Å²) in [5, 5.41) is 2.97. The maximum absolute atomic E-state index is 12.2. The molecule has 0 spiro atoms. The van der Waals surface area contributed by atoms with Gasteiger partial charge in [0.2, 0.25) is 5.91 Å². The van der Waals surface area contributed by atoms with Gasteiger partial charge in [-0.2, -0.15) is 0 Å². The summed E-state index contributed by atoms with van der Waals surface area (Å²) in [6.45, 7) is 11.9. The second-order valence-corrected chi connectivity index (χ2v) is 6.19. The van der Waals surface area contributed by atoms with Gasteiger partial charge in [-0.3, -0.25) is 9.69 Å². The SMILES string of the molecule is CCCN(CCN(CC)CC)CC(=O)Nc1ccccc1Br. The van der Waals surface area contributed by atoms with Crippen LogP contribution in [0, 0.1) is 0 Å². The molecule has 0 aromatic heterocycles. The van der Waals surface area contributed by atoms with Crippen LogP contribution in [0.2, 0.25) is 0 Å². The van der Waals surface area contributed by atoms with Crippen molar-refractivity contribution in [3.05, 3.63) is 28.7 Å². The Hall–Kier alpha value is -0.910. The predicted octanol–water partition coefficient (Wildman–Crippen LogP) is 3.44. The molecule has 0 aliphatic carbocycles. The predicted molar refractivity (Wildman–Crippen MR) is 97.3 cm³/mol. The highest BCUT2D eigenvalue weighted by Gasteiger charge is 2.12. The lowest BCUT2D eigenvalue weighted by Crippen LogP contribution is -2.39. The van der Waals surface area contributed by atoms with Gasteiger partial charge in [-0.05, 0) is 54.1 Å². The highest BCUT2D eigenvalue weighted by Crippen LogP contribution is 2.20. The van der Waals surface area contributed by atoms with Crippen LogP contribution < -0.4 is 5.32 Å². The van der Waals surface area contributed by atoms with Gasteiger partial charge >= 0.3 is 0 Å². The number of anilines is 1. The van der Waals surface area contributed by atoms with Gasteiger partial charge in [0.15, 0.2) is 0 Å². The molecule has 0 unspecified atom stereocenters. The van der Waals surface area contributed by atoms with Crippen molar-refractivity contribution >= 4 is 27.5 Å². The number of carbonyl (C=O) groups excluding carboxylic acids is 1. The third-order valence-electron chi connectivity index (χ3n) is 3.68. The lowest BCUT2D eigenvalue weighted by molar-refractivity contribution is -0.117. The Morgan fingerprint density at radius 2 is 1.68 bits per heavy atom. The molecule has 0 aliphatic rings. The van der Waals surface area contributed by atoms with Gasteiger partial charge in [-0.25, -0.2) is 0 Å². The Balaban J connectivity index is 2.51. The minimum absolute atomic E-state index is 0.0416. The first-order chi connectivity index (χ1) is 10.6. The van der Waals surface area contributed by atoms with Crippen LogP contribution in [-0.4, -0.2) is 55.0 Å². The zero-order valence-electron chi connectivity index (χ0n) is 13.9. The monoisotopic (exact) mass is 369 g/mol. The Labute approximate surface area is 143 Å². The van der Waals surface area contributed by atoms with Crippen molar-refractivity contribution in [2.24, 2.45) is 0 Å². The Bertz CT molecular complexity index is 449. The molecule has 22 heavy (non-hydrogen) atoms. The lowest BCUT2D eigenvalue weighted by atomic mass is 10.3. The van der Waals surface area contributed by atoms with Gasteiger partial charge in [0.1, 0.15) is 0 Å². The van der Waals surface area contributed by atoms with Crippen molar-refractivity contribution in [2.45, 2.75) is 27.2 Å². The number of hydrogen-bond acceptors (Lipinski definition) is 3. The molecule has 0 fully saturated rings. The lowest BCUT2D eigenvalue weighted by Gasteiger charge is -2.25. The number of benzene rings is 1. The standard InChI is InChI=1S/C17H28BrN3O/c1-4-11-21(13-12-20(5-2)6-3)14-17(22)19-16-10-8-7-9-15(16)18/h7-10H,4-6,11-14H2,1-3H3,(H,19,22). The fourth-order valence-electron chi connectivity index (χ4n) is 2.36. The maximum atomic E-state index is 12.2. The van der Waals surface area contributed by atoms with E-state index in [0.717, 1.165) is 49.3 Å². The summed E-state index contributed by atoms with van der Waals surface area (Å²) in [5.41, 5.74) is 0.827. The first-order valence-corrected chi connectivity index (χ1v) is 8.89. The van der Waals surface area contributed by atoms with E-state index in [-0.39, 0.29) is 5.91 Å². The van der Waals surface area contributed by atoms with E-state index in [4.69, 9.17) is 0 Å². The number of amides is 1. The van der Waals surface area contributed by atoms with Gasteiger partial charge < -0.3 is 10.2 Å². The smallest absolute Gasteiger partial charge is 0.238 e. The summed E-state index contributed by atoms with van der Waals surface area (Å²) < 4.78 is 0.911. The quantitative estimate of drug-likeness (QED) is 0.685. The number of likely N-dealkylation sites (N-methyl/N-ethyl adjacent to an activating group) is 1. The fourth-order valence-corrected chi connectivity index (χ4v) is 2.75. The van der Waals surface area contributed by atoms with Crippen molar-refractivity contribution in [1.29, 1.82) is 0 Å². The van der Waals surface area contributed by atoms with Crippen LogP contribution in [0.15, 0.2) is 28.7 Å². The highest BCUT2D eigenvalue weighted by atomic mass is 79.9. The summed E-state index contributed by atoms with van der Waals surface area (Å²) in [7, 11) is 0. The van der Waals surface area contributed by atoms with Crippen LogP contribution in [-0.2, 0) is 4.79 Å². The van der Waals surface area contributed by atoms with Gasteiger partial charge in [0.05, 0.1) is 12.2 Å². The maximum Gasteiger partial charge on any atom is 0.238 e. The van der Waals surface area contributed by atoms with Gasteiger partial charge in [-0.1, -0.05) is 32.9 Å². The van der Waals surface area contributed by atoms with Crippen molar-refractivity contribution in [1.82, 2.24) is 9.80 Å². The molecule has 1 rings (SSSR count). The van der Waals surface area contributed by atoms with Gasteiger partial charge in [-0.15, -0.1) is 0 Å². The molecule has 1 N–H and O–H groups in total. The summed E-state index contributed by atoms with van der Waals surface area (Å²) >= 11 is 3.46. The molecule has 0 saturated heterocycles. The third-order valence-corrected chi connectivity index (χ3v) is 4.37. The second kappa shape index (κ2) is 10.8. The molecule has 0 aliphatic heterocycles. The molecule has 5 heteroatoms.